The topological polar surface area (TPSA) is 71.8 Å². The number of amides is 1. The Kier molecular flexibility index (Phi) is 3.08. The van der Waals surface area contributed by atoms with Crippen molar-refractivity contribution in [1.29, 1.82) is 0 Å². The predicted octanol–water partition coefficient (Wildman–Crippen LogP) is 2.93. The zero-order chi connectivity index (χ0) is 15.1. The summed E-state index contributed by atoms with van der Waals surface area (Å²) in [7, 11) is 0. The summed E-state index contributed by atoms with van der Waals surface area (Å²) in [6.07, 6.45) is 4.44. The van der Waals surface area contributed by atoms with Gasteiger partial charge in [-0.25, -0.2) is 0 Å². The molecule has 0 aliphatic heterocycles. The van der Waals surface area contributed by atoms with Crippen LogP contribution in [0.15, 0.2) is 36.5 Å². The summed E-state index contributed by atoms with van der Waals surface area (Å²) in [6, 6.07) is 10.3. The molecule has 0 unspecified atom stereocenters. The Morgan fingerprint density at radius 2 is 2.09 bits per heavy atom. The lowest BCUT2D eigenvalue weighted by atomic mass is 9.89. The van der Waals surface area contributed by atoms with Gasteiger partial charge >= 0.3 is 0 Å². The fourth-order valence-corrected chi connectivity index (χ4v) is 4.37. The number of nitrogens with zero attached hydrogens (tertiary/aromatic N) is 1. The molecule has 2 heterocycles. The van der Waals surface area contributed by atoms with E-state index in [1.807, 2.05) is 24.4 Å². The number of rotatable bonds is 3. The van der Waals surface area contributed by atoms with E-state index < -0.39 is 0 Å². The van der Waals surface area contributed by atoms with E-state index in [1.165, 1.54) is 27.3 Å². The molecule has 3 aromatic rings. The Balaban J connectivity index is 1.88. The van der Waals surface area contributed by atoms with Gasteiger partial charge in [0, 0.05) is 16.9 Å². The summed E-state index contributed by atoms with van der Waals surface area (Å²) < 4.78 is 0. The van der Waals surface area contributed by atoms with Crippen LogP contribution in [0.4, 0.5) is 0 Å². The quantitative estimate of drug-likeness (QED) is 0.781. The Morgan fingerprint density at radius 1 is 1.27 bits per heavy atom. The van der Waals surface area contributed by atoms with Crippen LogP contribution in [0.5, 0.6) is 0 Å². The van der Waals surface area contributed by atoms with Gasteiger partial charge in [-0.3, -0.25) is 9.89 Å². The number of hydrogen-bond donors (Lipinski definition) is 2. The number of aromatic amines is 1. The molecule has 5 heteroatoms. The molecule has 1 aliphatic carbocycles. The van der Waals surface area contributed by atoms with Crippen LogP contribution in [-0.2, 0) is 19.3 Å². The zero-order valence-corrected chi connectivity index (χ0v) is 12.7. The van der Waals surface area contributed by atoms with Crippen molar-refractivity contribution in [3.05, 3.63) is 63.0 Å². The summed E-state index contributed by atoms with van der Waals surface area (Å²) in [5, 5.41) is 7.27. The number of aromatic nitrogens is 2. The maximum absolute atomic E-state index is 11.8. The molecule has 0 bridgehead atoms. The third-order valence-corrected chi connectivity index (χ3v) is 5.37. The van der Waals surface area contributed by atoms with Crippen LogP contribution in [0.25, 0.3) is 11.3 Å². The van der Waals surface area contributed by atoms with E-state index in [4.69, 9.17) is 5.73 Å². The fourth-order valence-electron chi connectivity index (χ4n) is 3.13. The van der Waals surface area contributed by atoms with Crippen molar-refractivity contribution in [3.63, 3.8) is 0 Å². The smallest absolute Gasteiger partial charge is 0.259 e. The van der Waals surface area contributed by atoms with E-state index in [2.05, 4.69) is 22.3 Å². The highest BCUT2D eigenvalue weighted by Crippen LogP contribution is 2.42. The number of hydrogen-bond acceptors (Lipinski definition) is 3. The van der Waals surface area contributed by atoms with Crippen LogP contribution < -0.4 is 5.73 Å². The number of thiophene rings is 1. The molecule has 4 rings (SSSR count). The van der Waals surface area contributed by atoms with Crippen molar-refractivity contribution in [2.45, 2.75) is 19.3 Å². The molecule has 1 aromatic carbocycles. The molecule has 0 atom stereocenters. The van der Waals surface area contributed by atoms with Crippen LogP contribution >= 0.6 is 11.3 Å². The average Bonchev–Trinajstić information content (AvgIpc) is 3.12. The van der Waals surface area contributed by atoms with Crippen molar-refractivity contribution in [3.8, 4) is 11.3 Å². The number of primary amides is 1. The normalized spacial score (nSPS) is 12.7. The maximum Gasteiger partial charge on any atom is 0.259 e. The van der Waals surface area contributed by atoms with Crippen LogP contribution in [-0.4, -0.2) is 16.1 Å². The lowest BCUT2D eigenvalue weighted by molar-refractivity contribution is 0.100. The molecular formula is C17H15N3OS. The highest BCUT2D eigenvalue weighted by molar-refractivity contribution is 7.14. The molecule has 1 amide bonds. The Hall–Kier alpha value is -2.40. The molecule has 0 saturated carbocycles. The van der Waals surface area contributed by atoms with Gasteiger partial charge < -0.3 is 5.73 Å². The number of H-pyrrole nitrogens is 1. The number of fused-ring (bicyclic) bond motifs is 3. The number of aryl methyl sites for hydroxylation is 1. The third-order valence-electron chi connectivity index (χ3n) is 4.12. The molecule has 0 saturated heterocycles. The largest absolute Gasteiger partial charge is 0.365 e. The second-order valence-electron chi connectivity index (χ2n) is 5.50. The van der Waals surface area contributed by atoms with E-state index >= 15 is 0 Å². The van der Waals surface area contributed by atoms with Crippen LogP contribution in [0.3, 0.4) is 0 Å². The van der Waals surface area contributed by atoms with Crippen molar-refractivity contribution in [1.82, 2.24) is 10.2 Å². The molecule has 0 spiro atoms. The molecule has 0 radical (unpaired) electrons. The minimum atomic E-state index is -0.330. The number of benzene rings is 1. The van der Waals surface area contributed by atoms with Gasteiger partial charge in [0.25, 0.3) is 5.91 Å². The van der Waals surface area contributed by atoms with Gasteiger partial charge in [-0.15, -0.1) is 11.3 Å². The maximum atomic E-state index is 11.8. The molecule has 2 aromatic heterocycles. The van der Waals surface area contributed by atoms with Gasteiger partial charge in [0.1, 0.15) is 0 Å². The van der Waals surface area contributed by atoms with E-state index in [1.54, 1.807) is 0 Å². The van der Waals surface area contributed by atoms with Crippen molar-refractivity contribution >= 4 is 17.2 Å². The summed E-state index contributed by atoms with van der Waals surface area (Å²) in [6.45, 7) is 0. The summed E-state index contributed by atoms with van der Waals surface area (Å²) >= 11 is 1.52. The Morgan fingerprint density at radius 3 is 2.86 bits per heavy atom. The van der Waals surface area contributed by atoms with Gasteiger partial charge in [0.2, 0.25) is 0 Å². The first-order chi connectivity index (χ1) is 10.7. The molecule has 110 valence electrons. The lowest BCUT2D eigenvalue weighted by Gasteiger charge is -2.14. The van der Waals surface area contributed by atoms with E-state index in [9.17, 15) is 4.79 Å². The SMILES string of the molecule is NC(=O)c1sc(Cc2ccccc2)c2c1CCc1cn[nH]c1-2. The summed E-state index contributed by atoms with van der Waals surface area (Å²) in [5.41, 5.74) is 11.3. The first-order valence-corrected chi connectivity index (χ1v) is 8.06. The zero-order valence-electron chi connectivity index (χ0n) is 11.9. The predicted molar refractivity (Wildman–Crippen MR) is 87.1 cm³/mol. The minimum absolute atomic E-state index is 0.330. The summed E-state index contributed by atoms with van der Waals surface area (Å²) in [4.78, 5) is 13.7. The number of nitrogens with one attached hydrogen (secondary N) is 1. The van der Waals surface area contributed by atoms with Crippen LogP contribution in [0.2, 0.25) is 0 Å². The lowest BCUT2D eigenvalue weighted by Crippen LogP contribution is -2.13. The van der Waals surface area contributed by atoms with Gasteiger partial charge in [0.15, 0.2) is 0 Å². The molecule has 3 N–H and O–H groups in total. The standard InChI is InChI=1S/C17H15N3OS/c18-17(21)16-12-7-6-11-9-19-20-15(11)14(12)13(22-16)8-10-4-2-1-3-5-10/h1-5,9H,6-8H2,(H2,18,21)(H,19,20). The average molecular weight is 309 g/mol. The van der Waals surface area contributed by atoms with Crippen LogP contribution in [0.1, 0.15) is 31.2 Å². The van der Waals surface area contributed by atoms with E-state index in [0.29, 0.717) is 4.88 Å². The number of carbonyl (C=O) groups excluding carboxylic acids is 1. The third kappa shape index (κ3) is 2.05. The van der Waals surface area contributed by atoms with Gasteiger partial charge in [-0.1, -0.05) is 30.3 Å². The Labute approximate surface area is 132 Å². The Bertz CT molecular complexity index is 848. The van der Waals surface area contributed by atoms with Gasteiger partial charge in [-0.2, -0.15) is 5.10 Å². The number of nitrogens with two attached hydrogens (primary N) is 1. The van der Waals surface area contributed by atoms with E-state index in [0.717, 1.165) is 36.1 Å². The molecule has 1 aliphatic rings. The van der Waals surface area contributed by atoms with Crippen molar-refractivity contribution in [2.24, 2.45) is 5.73 Å². The van der Waals surface area contributed by atoms with E-state index in [-0.39, 0.29) is 5.91 Å². The first-order valence-electron chi connectivity index (χ1n) is 7.25. The second-order valence-corrected chi connectivity index (χ2v) is 6.61. The number of carbonyl (C=O) groups is 1. The molecular weight excluding hydrogens is 294 g/mol. The fraction of sp³-hybridized carbons (Fsp3) is 0.176. The van der Waals surface area contributed by atoms with Gasteiger partial charge in [-0.05, 0) is 29.5 Å². The second kappa shape index (κ2) is 5.10. The first kappa shape index (κ1) is 13.3. The van der Waals surface area contributed by atoms with Crippen molar-refractivity contribution in [2.75, 3.05) is 0 Å². The molecule has 4 nitrogen and oxygen atoms in total. The minimum Gasteiger partial charge on any atom is -0.365 e. The highest BCUT2D eigenvalue weighted by Gasteiger charge is 2.28. The van der Waals surface area contributed by atoms with Gasteiger partial charge in [0.05, 0.1) is 16.8 Å². The van der Waals surface area contributed by atoms with Crippen LogP contribution in [0, 0.1) is 0 Å². The summed E-state index contributed by atoms with van der Waals surface area (Å²) in [5.74, 6) is -0.330. The molecule has 22 heavy (non-hydrogen) atoms. The molecule has 0 fully saturated rings. The van der Waals surface area contributed by atoms with Crippen molar-refractivity contribution < 1.29 is 4.79 Å². The highest BCUT2D eigenvalue weighted by atomic mass is 32.1. The monoisotopic (exact) mass is 309 g/mol.